The lowest BCUT2D eigenvalue weighted by Gasteiger charge is -2.19. The number of carbonyl (C=O) groups is 2. The van der Waals surface area contributed by atoms with Crippen molar-refractivity contribution in [3.63, 3.8) is 0 Å². The number of nitrogens with one attached hydrogen (secondary N) is 2. The topological polar surface area (TPSA) is 111 Å². The van der Waals surface area contributed by atoms with Crippen LogP contribution in [0, 0.1) is 16.7 Å². The van der Waals surface area contributed by atoms with E-state index in [0.717, 1.165) is 0 Å². The molecule has 138 valence electrons. The van der Waals surface area contributed by atoms with Gasteiger partial charge in [0.1, 0.15) is 11.2 Å². The number of carbonyl (C=O) groups excluding carboxylic acids is 2. The van der Waals surface area contributed by atoms with Crippen molar-refractivity contribution in [2.75, 3.05) is 23.8 Å². The van der Waals surface area contributed by atoms with Crippen molar-refractivity contribution in [2.24, 2.45) is 5.41 Å². The molecule has 27 heavy (non-hydrogen) atoms. The molecule has 0 bridgehead atoms. The van der Waals surface area contributed by atoms with Crippen molar-refractivity contribution >= 4 is 29.3 Å². The van der Waals surface area contributed by atoms with Gasteiger partial charge in [0.15, 0.2) is 0 Å². The Morgan fingerprint density at radius 1 is 1.33 bits per heavy atom. The number of nitrogens with zero attached hydrogens (tertiary/aromatic N) is 4. The standard InChI is InChI=1S/C19H20N6O2/c1-3-19(12-20)9-11-25(17(19)27)15-8-10-22-18(24-15)23-14-6-4-13(5-7-14)16(26)21-2/h4-8,10H,3,9,11H2,1-2H3,(H,21,26)(H,22,23,24). The molecule has 1 aromatic heterocycles. The molecule has 3 rings (SSSR count). The molecule has 8 nitrogen and oxygen atoms in total. The van der Waals surface area contributed by atoms with E-state index in [1.54, 1.807) is 43.6 Å². The molecule has 2 heterocycles. The van der Waals surface area contributed by atoms with Crippen LogP contribution in [0.2, 0.25) is 0 Å². The average molecular weight is 364 g/mol. The fraction of sp³-hybridized carbons (Fsp3) is 0.316. The van der Waals surface area contributed by atoms with Gasteiger partial charge >= 0.3 is 0 Å². The fourth-order valence-electron chi connectivity index (χ4n) is 3.04. The summed E-state index contributed by atoms with van der Waals surface area (Å²) in [5.41, 5.74) is 0.300. The zero-order chi connectivity index (χ0) is 19.4. The Morgan fingerprint density at radius 2 is 2.07 bits per heavy atom. The van der Waals surface area contributed by atoms with E-state index >= 15 is 0 Å². The van der Waals surface area contributed by atoms with Gasteiger partial charge in [-0.1, -0.05) is 6.92 Å². The number of aromatic nitrogens is 2. The monoisotopic (exact) mass is 364 g/mol. The van der Waals surface area contributed by atoms with Crippen molar-refractivity contribution in [3.8, 4) is 6.07 Å². The van der Waals surface area contributed by atoms with E-state index in [9.17, 15) is 14.9 Å². The Labute approximate surface area is 157 Å². The van der Waals surface area contributed by atoms with Crippen LogP contribution in [0.4, 0.5) is 17.5 Å². The van der Waals surface area contributed by atoms with Gasteiger partial charge in [-0.25, -0.2) is 4.98 Å². The second-order valence-electron chi connectivity index (χ2n) is 6.27. The molecule has 1 fully saturated rings. The molecule has 0 aliphatic carbocycles. The summed E-state index contributed by atoms with van der Waals surface area (Å²) in [5.74, 6) is 0.417. The van der Waals surface area contributed by atoms with E-state index in [1.165, 1.54) is 4.90 Å². The van der Waals surface area contributed by atoms with Crippen molar-refractivity contribution < 1.29 is 9.59 Å². The molecule has 1 aromatic carbocycles. The van der Waals surface area contributed by atoms with Gasteiger partial charge in [0, 0.05) is 31.0 Å². The third-order valence-corrected chi connectivity index (χ3v) is 4.78. The van der Waals surface area contributed by atoms with Crippen LogP contribution in [-0.4, -0.2) is 35.4 Å². The first kappa shape index (κ1) is 18.3. The first-order valence-electron chi connectivity index (χ1n) is 8.68. The van der Waals surface area contributed by atoms with Gasteiger partial charge < -0.3 is 10.6 Å². The molecule has 0 saturated carbocycles. The lowest BCUT2D eigenvalue weighted by atomic mass is 9.85. The van der Waals surface area contributed by atoms with Gasteiger partial charge in [0.05, 0.1) is 6.07 Å². The van der Waals surface area contributed by atoms with E-state index in [0.29, 0.717) is 42.4 Å². The van der Waals surface area contributed by atoms with Crippen LogP contribution < -0.4 is 15.5 Å². The van der Waals surface area contributed by atoms with Crippen LogP contribution in [0.15, 0.2) is 36.5 Å². The van der Waals surface area contributed by atoms with E-state index < -0.39 is 5.41 Å². The van der Waals surface area contributed by atoms with Gasteiger partial charge in [-0.3, -0.25) is 14.5 Å². The van der Waals surface area contributed by atoms with Crippen molar-refractivity contribution in [1.82, 2.24) is 15.3 Å². The smallest absolute Gasteiger partial charge is 0.251 e. The van der Waals surface area contributed by atoms with E-state index in [-0.39, 0.29) is 11.8 Å². The molecule has 1 saturated heterocycles. The Bertz CT molecular complexity index is 905. The molecular formula is C19H20N6O2. The lowest BCUT2D eigenvalue weighted by molar-refractivity contribution is -0.123. The number of amides is 2. The first-order chi connectivity index (χ1) is 13.0. The Balaban J connectivity index is 1.78. The summed E-state index contributed by atoms with van der Waals surface area (Å²) in [6.45, 7) is 2.30. The van der Waals surface area contributed by atoms with Crippen LogP contribution in [0.1, 0.15) is 30.1 Å². The van der Waals surface area contributed by atoms with Crippen LogP contribution in [-0.2, 0) is 4.79 Å². The third-order valence-electron chi connectivity index (χ3n) is 4.78. The fourth-order valence-corrected chi connectivity index (χ4v) is 3.04. The summed E-state index contributed by atoms with van der Waals surface area (Å²) in [6.07, 6.45) is 2.54. The highest BCUT2D eigenvalue weighted by molar-refractivity contribution is 6.01. The zero-order valence-electron chi connectivity index (χ0n) is 15.2. The minimum atomic E-state index is -0.964. The average Bonchev–Trinajstić information content (AvgIpc) is 3.05. The second kappa shape index (κ2) is 7.41. The number of hydrogen-bond donors (Lipinski definition) is 2. The third kappa shape index (κ3) is 3.44. The van der Waals surface area contributed by atoms with Gasteiger partial charge in [-0.05, 0) is 43.2 Å². The zero-order valence-corrected chi connectivity index (χ0v) is 15.2. The minimum absolute atomic E-state index is 0.163. The number of benzene rings is 1. The summed E-state index contributed by atoms with van der Waals surface area (Å²) >= 11 is 0. The molecular weight excluding hydrogens is 344 g/mol. The molecule has 0 spiro atoms. The largest absolute Gasteiger partial charge is 0.355 e. The van der Waals surface area contributed by atoms with Gasteiger partial charge in [-0.15, -0.1) is 0 Å². The summed E-state index contributed by atoms with van der Waals surface area (Å²) in [7, 11) is 1.58. The summed E-state index contributed by atoms with van der Waals surface area (Å²) in [6, 6.07) is 10.7. The molecule has 1 aliphatic rings. The first-order valence-corrected chi connectivity index (χ1v) is 8.68. The summed E-state index contributed by atoms with van der Waals surface area (Å²) in [4.78, 5) is 34.4. The minimum Gasteiger partial charge on any atom is -0.355 e. The molecule has 8 heteroatoms. The molecule has 2 amide bonds. The van der Waals surface area contributed by atoms with Crippen LogP contribution in [0.5, 0.6) is 0 Å². The maximum Gasteiger partial charge on any atom is 0.251 e. The maximum absolute atomic E-state index is 12.7. The number of hydrogen-bond acceptors (Lipinski definition) is 6. The highest BCUT2D eigenvalue weighted by Crippen LogP contribution is 2.36. The Hall–Kier alpha value is -3.47. The molecule has 2 N–H and O–H groups in total. The molecule has 0 radical (unpaired) electrons. The van der Waals surface area contributed by atoms with Crippen molar-refractivity contribution in [3.05, 3.63) is 42.1 Å². The van der Waals surface area contributed by atoms with Crippen LogP contribution >= 0.6 is 0 Å². The summed E-state index contributed by atoms with van der Waals surface area (Å²) < 4.78 is 0. The number of anilines is 3. The molecule has 1 atom stereocenters. The van der Waals surface area contributed by atoms with Crippen molar-refractivity contribution in [1.29, 1.82) is 5.26 Å². The maximum atomic E-state index is 12.7. The van der Waals surface area contributed by atoms with Gasteiger partial charge in [0.25, 0.3) is 5.91 Å². The lowest BCUT2D eigenvalue weighted by Crippen LogP contribution is -2.33. The van der Waals surface area contributed by atoms with Gasteiger partial charge in [0.2, 0.25) is 11.9 Å². The Morgan fingerprint density at radius 3 is 2.67 bits per heavy atom. The van der Waals surface area contributed by atoms with E-state index in [4.69, 9.17) is 0 Å². The predicted molar refractivity (Wildman–Crippen MR) is 100 cm³/mol. The highest BCUT2D eigenvalue weighted by Gasteiger charge is 2.46. The SMILES string of the molecule is CCC1(C#N)CCN(c2ccnc(Nc3ccc(C(=O)NC)cc3)n2)C1=O. The predicted octanol–water partition coefficient (Wildman–Crippen LogP) is 2.24. The van der Waals surface area contributed by atoms with E-state index in [1.807, 2.05) is 6.92 Å². The normalized spacial score (nSPS) is 18.9. The van der Waals surface area contributed by atoms with Crippen LogP contribution in [0.25, 0.3) is 0 Å². The molecule has 2 aromatic rings. The van der Waals surface area contributed by atoms with Gasteiger partial charge in [-0.2, -0.15) is 10.2 Å². The molecule has 1 unspecified atom stereocenters. The highest BCUT2D eigenvalue weighted by atomic mass is 16.2. The van der Waals surface area contributed by atoms with E-state index in [2.05, 4.69) is 26.7 Å². The Kier molecular flexibility index (Phi) is 5.03. The number of rotatable bonds is 5. The van der Waals surface area contributed by atoms with Crippen molar-refractivity contribution in [2.45, 2.75) is 19.8 Å². The quantitative estimate of drug-likeness (QED) is 0.842. The molecule has 1 aliphatic heterocycles. The van der Waals surface area contributed by atoms with Crippen LogP contribution in [0.3, 0.4) is 0 Å². The summed E-state index contributed by atoms with van der Waals surface area (Å²) in [5, 5.41) is 15.0. The number of nitriles is 1. The second-order valence-corrected chi connectivity index (χ2v) is 6.27.